The van der Waals surface area contributed by atoms with Gasteiger partial charge in [0.25, 0.3) is 0 Å². The van der Waals surface area contributed by atoms with Crippen molar-refractivity contribution in [3.8, 4) is 0 Å². The fourth-order valence-electron chi connectivity index (χ4n) is 3.70. The molecule has 0 N–H and O–H groups in total. The number of rotatable bonds is 5. The molecule has 2 aromatic carbocycles. The van der Waals surface area contributed by atoms with E-state index in [1.54, 1.807) is 4.90 Å². The van der Waals surface area contributed by atoms with Gasteiger partial charge in [-0.05, 0) is 28.9 Å². The second-order valence-electron chi connectivity index (χ2n) is 9.03. The number of piperidine rings is 1. The maximum Gasteiger partial charge on any atom is 0.410 e. The van der Waals surface area contributed by atoms with Gasteiger partial charge in [-0.1, -0.05) is 81.4 Å². The smallest absolute Gasteiger partial charge is 0.410 e. The van der Waals surface area contributed by atoms with Gasteiger partial charge >= 0.3 is 12.1 Å². The summed E-state index contributed by atoms with van der Waals surface area (Å²) in [6.45, 7) is 7.80. The molecule has 1 aliphatic heterocycles. The summed E-state index contributed by atoms with van der Waals surface area (Å²) in [4.78, 5) is 27.2. The summed E-state index contributed by atoms with van der Waals surface area (Å²) in [6.07, 6.45) is 0.327. The molecule has 0 aromatic heterocycles. The number of ether oxygens (including phenoxy) is 2. The van der Waals surface area contributed by atoms with Gasteiger partial charge in [0.15, 0.2) is 0 Å². The number of nitrogens with zero attached hydrogens (tertiary/aromatic N) is 1. The molecule has 5 nitrogen and oxygen atoms in total. The largest absolute Gasteiger partial charge is 0.461 e. The summed E-state index contributed by atoms with van der Waals surface area (Å²) in [6, 6.07) is 19.2. The molecule has 5 heteroatoms. The lowest BCUT2D eigenvalue weighted by atomic mass is 9.73. The predicted molar refractivity (Wildman–Crippen MR) is 115 cm³/mol. The van der Waals surface area contributed by atoms with Crippen LogP contribution in [0.5, 0.6) is 0 Å². The summed E-state index contributed by atoms with van der Waals surface area (Å²) in [7, 11) is 0. The molecule has 0 radical (unpaired) electrons. The van der Waals surface area contributed by atoms with E-state index in [1.807, 2.05) is 60.7 Å². The fraction of sp³-hybridized carbons (Fsp3) is 0.440. The third kappa shape index (κ3) is 6.09. The van der Waals surface area contributed by atoms with Crippen molar-refractivity contribution in [2.24, 2.45) is 17.3 Å². The van der Waals surface area contributed by atoms with Gasteiger partial charge in [0, 0.05) is 13.1 Å². The third-order valence-electron chi connectivity index (χ3n) is 5.70. The summed E-state index contributed by atoms with van der Waals surface area (Å²) in [5, 5.41) is 0. The zero-order chi connectivity index (χ0) is 21.6. The Bertz CT molecular complexity index is 766. The van der Waals surface area contributed by atoms with E-state index in [4.69, 9.17) is 9.47 Å². The van der Waals surface area contributed by atoms with Crippen LogP contribution >= 0.6 is 0 Å². The monoisotopic (exact) mass is 409 g/mol. The van der Waals surface area contributed by atoms with Crippen LogP contribution in [-0.2, 0) is 27.5 Å². The van der Waals surface area contributed by atoms with Crippen LogP contribution in [0.4, 0.5) is 4.79 Å². The fourth-order valence-corrected chi connectivity index (χ4v) is 3.70. The summed E-state index contributed by atoms with van der Waals surface area (Å²) >= 11 is 0. The highest BCUT2D eigenvalue weighted by Gasteiger charge is 2.39. The highest BCUT2D eigenvalue weighted by atomic mass is 16.6. The number of carbonyl (C=O) groups is 2. The number of hydrogen-bond donors (Lipinski definition) is 0. The molecule has 2 aromatic rings. The van der Waals surface area contributed by atoms with E-state index in [0.29, 0.717) is 19.5 Å². The Morgan fingerprint density at radius 2 is 1.40 bits per heavy atom. The van der Waals surface area contributed by atoms with Crippen molar-refractivity contribution >= 4 is 12.1 Å². The molecule has 1 unspecified atom stereocenters. The minimum atomic E-state index is -0.381. The zero-order valence-electron chi connectivity index (χ0n) is 18.0. The van der Waals surface area contributed by atoms with E-state index >= 15 is 0 Å². The molecule has 0 bridgehead atoms. The van der Waals surface area contributed by atoms with Gasteiger partial charge in [0.05, 0.1) is 5.92 Å². The minimum Gasteiger partial charge on any atom is -0.461 e. The van der Waals surface area contributed by atoms with Crippen LogP contribution in [0.25, 0.3) is 0 Å². The van der Waals surface area contributed by atoms with Crippen LogP contribution in [0.2, 0.25) is 0 Å². The van der Waals surface area contributed by atoms with Gasteiger partial charge in [-0.3, -0.25) is 4.79 Å². The summed E-state index contributed by atoms with van der Waals surface area (Å²) < 4.78 is 11.1. The first-order valence-corrected chi connectivity index (χ1v) is 10.5. The Hall–Kier alpha value is -2.82. The number of benzene rings is 2. The molecule has 1 fully saturated rings. The lowest BCUT2D eigenvalue weighted by molar-refractivity contribution is -0.153. The summed E-state index contributed by atoms with van der Waals surface area (Å²) in [5.74, 6) is -0.422. The molecule has 0 aliphatic carbocycles. The van der Waals surface area contributed by atoms with Crippen LogP contribution in [0.3, 0.4) is 0 Å². The van der Waals surface area contributed by atoms with Crippen molar-refractivity contribution in [1.82, 2.24) is 4.90 Å². The van der Waals surface area contributed by atoms with Crippen molar-refractivity contribution < 1.29 is 19.1 Å². The van der Waals surface area contributed by atoms with Gasteiger partial charge in [-0.25, -0.2) is 4.79 Å². The van der Waals surface area contributed by atoms with E-state index in [2.05, 4.69) is 20.8 Å². The Labute approximate surface area is 179 Å². The van der Waals surface area contributed by atoms with Crippen molar-refractivity contribution in [2.45, 2.75) is 40.4 Å². The van der Waals surface area contributed by atoms with Crippen LogP contribution in [0, 0.1) is 17.3 Å². The number of likely N-dealkylation sites (tertiary alicyclic amines) is 1. The zero-order valence-corrected chi connectivity index (χ0v) is 18.0. The van der Waals surface area contributed by atoms with Crippen molar-refractivity contribution in [3.63, 3.8) is 0 Å². The quantitative estimate of drug-likeness (QED) is 0.649. The number of amides is 1. The minimum absolute atomic E-state index is 0.0314. The molecule has 1 saturated heterocycles. The SMILES string of the molecule is CC(C)(C)[C@@H]1CC(C(=O)OCc2ccccc2)CN(C(=O)OCc2ccccc2)C1. The Balaban J connectivity index is 1.63. The van der Waals surface area contributed by atoms with E-state index in [1.165, 1.54) is 0 Å². The second kappa shape index (κ2) is 9.79. The Morgan fingerprint density at radius 1 is 0.867 bits per heavy atom. The van der Waals surface area contributed by atoms with Crippen molar-refractivity contribution in [3.05, 3.63) is 71.8 Å². The molecular weight excluding hydrogens is 378 g/mol. The Kier molecular flexibility index (Phi) is 7.14. The molecule has 1 heterocycles. The van der Waals surface area contributed by atoms with Gasteiger partial charge in [0.2, 0.25) is 0 Å². The van der Waals surface area contributed by atoms with Gasteiger partial charge < -0.3 is 14.4 Å². The van der Waals surface area contributed by atoms with E-state index in [0.717, 1.165) is 11.1 Å². The normalized spacial score (nSPS) is 19.2. The highest BCUT2D eigenvalue weighted by molar-refractivity contribution is 5.75. The lowest BCUT2D eigenvalue weighted by Crippen LogP contribution is -2.49. The van der Waals surface area contributed by atoms with Gasteiger partial charge in [-0.15, -0.1) is 0 Å². The average Bonchev–Trinajstić information content (AvgIpc) is 2.76. The van der Waals surface area contributed by atoms with E-state index < -0.39 is 0 Å². The first kappa shape index (κ1) is 21.9. The molecule has 30 heavy (non-hydrogen) atoms. The molecule has 3 rings (SSSR count). The predicted octanol–water partition coefficient (Wildman–Crippen LogP) is 5.05. The first-order chi connectivity index (χ1) is 14.3. The molecule has 2 atom stereocenters. The molecule has 160 valence electrons. The second-order valence-corrected chi connectivity index (χ2v) is 9.03. The Morgan fingerprint density at radius 3 is 1.93 bits per heavy atom. The number of hydrogen-bond acceptors (Lipinski definition) is 4. The van der Waals surface area contributed by atoms with Crippen molar-refractivity contribution in [2.75, 3.05) is 13.1 Å². The van der Waals surface area contributed by atoms with Gasteiger partial charge in [0.1, 0.15) is 13.2 Å². The van der Waals surface area contributed by atoms with Gasteiger partial charge in [-0.2, -0.15) is 0 Å². The van der Waals surface area contributed by atoms with E-state index in [9.17, 15) is 9.59 Å². The topological polar surface area (TPSA) is 55.8 Å². The molecule has 0 spiro atoms. The first-order valence-electron chi connectivity index (χ1n) is 10.5. The lowest BCUT2D eigenvalue weighted by Gasteiger charge is -2.42. The summed E-state index contributed by atoms with van der Waals surface area (Å²) in [5.41, 5.74) is 1.86. The molecule has 0 saturated carbocycles. The standard InChI is InChI=1S/C25H31NO4/c1-25(2,3)22-14-21(23(27)29-17-19-10-6-4-7-11-19)15-26(16-22)24(28)30-18-20-12-8-5-9-13-20/h4-13,21-22H,14-18H2,1-3H3/t21?,22-/m1/s1. The van der Waals surface area contributed by atoms with E-state index in [-0.39, 0.29) is 42.5 Å². The van der Waals surface area contributed by atoms with Crippen LogP contribution in [0.15, 0.2) is 60.7 Å². The molecule has 1 amide bonds. The molecule has 1 aliphatic rings. The maximum absolute atomic E-state index is 12.8. The highest BCUT2D eigenvalue weighted by Crippen LogP contribution is 2.36. The van der Waals surface area contributed by atoms with Crippen LogP contribution in [-0.4, -0.2) is 30.1 Å². The van der Waals surface area contributed by atoms with Crippen LogP contribution in [0.1, 0.15) is 38.3 Å². The van der Waals surface area contributed by atoms with Crippen molar-refractivity contribution in [1.29, 1.82) is 0 Å². The third-order valence-corrected chi connectivity index (χ3v) is 5.70. The average molecular weight is 410 g/mol. The van der Waals surface area contributed by atoms with Crippen LogP contribution < -0.4 is 0 Å². The number of carbonyl (C=O) groups excluding carboxylic acids is 2. The maximum atomic E-state index is 12.8. The molecular formula is C25H31NO4. The number of esters is 1.